The van der Waals surface area contributed by atoms with Gasteiger partial charge in [-0.2, -0.15) is 9.97 Å². The van der Waals surface area contributed by atoms with Crippen molar-refractivity contribution in [3.05, 3.63) is 133 Å². The van der Waals surface area contributed by atoms with Crippen LogP contribution in [0.2, 0.25) is 5.28 Å². The predicted molar refractivity (Wildman–Crippen MR) is 150 cm³/mol. The van der Waals surface area contributed by atoms with Gasteiger partial charge in [0.1, 0.15) is 0 Å². The fourth-order valence-electron chi connectivity index (χ4n) is 4.23. The molecule has 0 atom stereocenters. The fourth-order valence-corrected chi connectivity index (χ4v) is 4.39. The molecule has 0 aliphatic heterocycles. The molecular weight excluding hydrogens is 476 g/mol. The molecule has 176 valence electrons. The summed E-state index contributed by atoms with van der Waals surface area (Å²) in [6.07, 6.45) is 1.81. The minimum Gasteiger partial charge on any atom is -0.256 e. The Bertz CT molecular complexity index is 1630. The Balaban J connectivity index is 1.25. The van der Waals surface area contributed by atoms with Crippen molar-refractivity contribution < 1.29 is 0 Å². The summed E-state index contributed by atoms with van der Waals surface area (Å²) in [6.45, 7) is 0. The first-order valence-corrected chi connectivity index (χ1v) is 12.3. The maximum Gasteiger partial charge on any atom is 0.226 e. The number of aromatic nitrogens is 4. The number of rotatable bonds is 5. The molecule has 0 aliphatic carbocycles. The third-order valence-electron chi connectivity index (χ3n) is 6.18. The Morgan fingerprint density at radius 2 is 0.811 bits per heavy atom. The molecule has 5 heteroatoms. The van der Waals surface area contributed by atoms with Crippen LogP contribution in [-0.2, 0) is 0 Å². The Morgan fingerprint density at radius 3 is 1.30 bits per heavy atom. The molecule has 6 rings (SSSR count). The van der Waals surface area contributed by atoms with Crippen LogP contribution in [0.15, 0.2) is 128 Å². The van der Waals surface area contributed by atoms with Crippen LogP contribution in [0, 0.1) is 0 Å². The molecule has 0 amide bonds. The second kappa shape index (κ2) is 10.1. The van der Waals surface area contributed by atoms with E-state index in [1.165, 1.54) is 0 Å². The fraction of sp³-hybridized carbons (Fsp3) is 0. The van der Waals surface area contributed by atoms with E-state index in [2.05, 4.69) is 75.6 Å². The van der Waals surface area contributed by atoms with Crippen LogP contribution in [0.3, 0.4) is 0 Å². The number of pyridine rings is 1. The van der Waals surface area contributed by atoms with E-state index in [1.54, 1.807) is 6.20 Å². The largest absolute Gasteiger partial charge is 0.256 e. The molecule has 4 aromatic carbocycles. The molecule has 0 bridgehead atoms. The van der Waals surface area contributed by atoms with E-state index in [9.17, 15) is 0 Å². The van der Waals surface area contributed by atoms with Gasteiger partial charge < -0.3 is 0 Å². The van der Waals surface area contributed by atoms with E-state index in [4.69, 9.17) is 16.6 Å². The topological polar surface area (TPSA) is 51.6 Å². The molecule has 4 nitrogen and oxygen atoms in total. The highest BCUT2D eigenvalue weighted by atomic mass is 35.5. The molecule has 0 saturated carbocycles. The van der Waals surface area contributed by atoms with Gasteiger partial charge in [-0.15, -0.1) is 0 Å². The van der Waals surface area contributed by atoms with Crippen LogP contribution in [0.4, 0.5) is 0 Å². The third kappa shape index (κ3) is 5.01. The minimum atomic E-state index is 0.168. The number of benzene rings is 4. The molecule has 6 aromatic rings. The highest BCUT2D eigenvalue weighted by Gasteiger charge is 2.10. The van der Waals surface area contributed by atoms with Gasteiger partial charge >= 0.3 is 0 Å². The lowest BCUT2D eigenvalue weighted by atomic mass is 10.0. The summed E-state index contributed by atoms with van der Waals surface area (Å²) in [5, 5.41) is 0.168. The maximum atomic E-state index is 6.30. The Hall–Kier alpha value is -4.67. The smallest absolute Gasteiger partial charge is 0.226 e. The van der Waals surface area contributed by atoms with E-state index in [0.29, 0.717) is 11.6 Å². The Kier molecular flexibility index (Phi) is 6.24. The molecule has 2 aromatic heterocycles. The zero-order valence-corrected chi connectivity index (χ0v) is 20.5. The summed E-state index contributed by atoms with van der Waals surface area (Å²) in [4.78, 5) is 17.9. The number of hydrogen-bond donors (Lipinski definition) is 0. The van der Waals surface area contributed by atoms with Gasteiger partial charge in [-0.1, -0.05) is 109 Å². The van der Waals surface area contributed by atoms with Crippen LogP contribution in [0.1, 0.15) is 0 Å². The van der Waals surface area contributed by atoms with Gasteiger partial charge in [-0.3, -0.25) is 4.98 Å². The number of hydrogen-bond acceptors (Lipinski definition) is 4. The van der Waals surface area contributed by atoms with Gasteiger partial charge in [0, 0.05) is 22.9 Å². The summed E-state index contributed by atoms with van der Waals surface area (Å²) >= 11 is 6.30. The first kappa shape index (κ1) is 22.8. The molecule has 0 spiro atoms. The lowest BCUT2D eigenvalue weighted by Gasteiger charge is -2.08. The second-order valence-corrected chi connectivity index (χ2v) is 8.90. The lowest BCUT2D eigenvalue weighted by Crippen LogP contribution is -1.97. The van der Waals surface area contributed by atoms with Gasteiger partial charge in [-0.05, 0) is 46.0 Å². The summed E-state index contributed by atoms with van der Waals surface area (Å²) in [5.41, 5.74) is 8.33. The zero-order valence-electron chi connectivity index (χ0n) is 19.8. The lowest BCUT2D eigenvalue weighted by molar-refractivity contribution is 1.07. The van der Waals surface area contributed by atoms with E-state index in [1.807, 2.05) is 60.7 Å². The molecule has 0 N–H and O–H groups in total. The number of halogens is 1. The normalized spacial score (nSPS) is 10.8. The van der Waals surface area contributed by atoms with Gasteiger partial charge in [0.15, 0.2) is 11.6 Å². The Labute approximate surface area is 220 Å². The monoisotopic (exact) mass is 496 g/mol. The molecule has 0 saturated heterocycles. The van der Waals surface area contributed by atoms with Crippen LogP contribution >= 0.6 is 11.6 Å². The van der Waals surface area contributed by atoms with Crippen molar-refractivity contribution in [3.63, 3.8) is 0 Å². The minimum absolute atomic E-state index is 0.168. The predicted octanol–water partition coefficient (Wildman–Crippen LogP) is 8.26. The van der Waals surface area contributed by atoms with Gasteiger partial charge in [-0.25, -0.2) is 4.98 Å². The van der Waals surface area contributed by atoms with E-state index >= 15 is 0 Å². The summed E-state index contributed by atoms with van der Waals surface area (Å²) < 4.78 is 0. The van der Waals surface area contributed by atoms with Gasteiger partial charge in [0.25, 0.3) is 0 Å². The van der Waals surface area contributed by atoms with Gasteiger partial charge in [0.05, 0.1) is 5.69 Å². The van der Waals surface area contributed by atoms with E-state index < -0.39 is 0 Å². The molecule has 2 heterocycles. The maximum absolute atomic E-state index is 6.30. The molecular formula is C32H21ClN4. The highest BCUT2D eigenvalue weighted by molar-refractivity contribution is 6.28. The summed E-state index contributed by atoms with van der Waals surface area (Å²) in [5.74, 6) is 1.09. The average molecular weight is 497 g/mol. The Morgan fingerprint density at radius 1 is 0.378 bits per heavy atom. The van der Waals surface area contributed by atoms with Crippen LogP contribution in [0.5, 0.6) is 0 Å². The second-order valence-electron chi connectivity index (χ2n) is 8.56. The number of nitrogens with zero attached hydrogens (tertiary/aromatic N) is 4. The van der Waals surface area contributed by atoms with Crippen LogP contribution in [-0.4, -0.2) is 19.9 Å². The summed E-state index contributed by atoms with van der Waals surface area (Å²) in [7, 11) is 0. The molecule has 0 fully saturated rings. The molecule has 0 radical (unpaired) electrons. The summed E-state index contributed by atoms with van der Waals surface area (Å²) in [6, 6.07) is 40.9. The highest BCUT2D eigenvalue weighted by Crippen LogP contribution is 2.28. The van der Waals surface area contributed by atoms with Crippen molar-refractivity contribution in [3.8, 4) is 56.3 Å². The van der Waals surface area contributed by atoms with Crippen LogP contribution < -0.4 is 0 Å². The van der Waals surface area contributed by atoms with Crippen molar-refractivity contribution >= 4 is 11.6 Å². The van der Waals surface area contributed by atoms with Crippen molar-refractivity contribution in [2.24, 2.45) is 0 Å². The zero-order chi connectivity index (χ0) is 25.0. The third-order valence-corrected chi connectivity index (χ3v) is 6.35. The SMILES string of the molecule is Clc1nc(-c2ccc(-c3ccccc3)cc2)nc(-c2ccc(-c3ccc(-c4ccccn4)cc3)cc2)n1. The van der Waals surface area contributed by atoms with Gasteiger partial charge in [0.2, 0.25) is 5.28 Å². The first-order chi connectivity index (χ1) is 18.2. The van der Waals surface area contributed by atoms with Crippen LogP contribution in [0.25, 0.3) is 56.3 Å². The van der Waals surface area contributed by atoms with E-state index in [-0.39, 0.29) is 5.28 Å². The van der Waals surface area contributed by atoms with E-state index in [0.717, 1.165) is 44.6 Å². The molecule has 37 heavy (non-hydrogen) atoms. The molecule has 0 aliphatic rings. The standard InChI is InChI=1S/C32H21ClN4/c33-32-36-30(27-17-11-23(12-18-27)22-6-2-1-3-7-22)35-31(37-32)28-19-13-25(14-20-28)24-9-15-26(16-10-24)29-8-4-5-21-34-29/h1-21H. The quantitative estimate of drug-likeness (QED) is 0.241. The van der Waals surface area contributed by atoms with Crippen molar-refractivity contribution in [2.75, 3.05) is 0 Å². The van der Waals surface area contributed by atoms with Crippen molar-refractivity contribution in [2.45, 2.75) is 0 Å². The van der Waals surface area contributed by atoms with Crippen molar-refractivity contribution in [1.82, 2.24) is 19.9 Å². The average Bonchev–Trinajstić information content (AvgIpc) is 2.98. The first-order valence-electron chi connectivity index (χ1n) is 11.9. The molecule has 0 unspecified atom stereocenters. The van der Waals surface area contributed by atoms with Crippen molar-refractivity contribution in [1.29, 1.82) is 0 Å².